The summed E-state index contributed by atoms with van der Waals surface area (Å²) in [7, 11) is -5.32. The van der Waals surface area contributed by atoms with E-state index in [2.05, 4.69) is 0 Å². The van der Waals surface area contributed by atoms with E-state index < -0.39 is 33.0 Å². The Balaban J connectivity index is 0.00000162. The van der Waals surface area contributed by atoms with E-state index in [-0.39, 0.29) is 40.7 Å². The van der Waals surface area contributed by atoms with Gasteiger partial charge in [-0.15, -0.1) is 0 Å². The topological polar surface area (TPSA) is 112 Å². The van der Waals surface area contributed by atoms with Crippen LogP contribution >= 0.6 is 0 Å². The molecule has 0 saturated heterocycles. The quantitative estimate of drug-likeness (QED) is 0.425. The van der Waals surface area contributed by atoms with Gasteiger partial charge in [0, 0.05) is 11.1 Å². The second-order valence-corrected chi connectivity index (χ2v) is 5.30. The number of hydrogen-bond acceptors (Lipinski definition) is 6. The first-order valence-electron chi connectivity index (χ1n) is 4.62. The first-order valence-corrected chi connectivity index (χ1v) is 6.03. The molecule has 1 atom stereocenters. The van der Waals surface area contributed by atoms with Gasteiger partial charge in [-0.25, -0.2) is 8.42 Å². The molecule has 0 aliphatic heterocycles. The summed E-state index contributed by atoms with van der Waals surface area (Å²) in [5.41, 5.74) is -0.225. The Morgan fingerprint density at radius 1 is 1.17 bits per heavy atom. The van der Waals surface area contributed by atoms with E-state index >= 15 is 0 Å². The minimum absolute atomic E-state index is 0. The molecule has 1 aromatic rings. The summed E-state index contributed by atoms with van der Waals surface area (Å²) in [6.07, 6.45) is -1.03. The molecular formula is C10H7NaO6S. The van der Waals surface area contributed by atoms with E-state index in [9.17, 15) is 27.7 Å². The third kappa shape index (κ3) is 2.18. The van der Waals surface area contributed by atoms with Crippen LogP contribution in [-0.4, -0.2) is 34.6 Å². The monoisotopic (exact) mass is 278 g/mol. The molecule has 0 heterocycles. The fourth-order valence-corrected chi connectivity index (χ4v) is 2.37. The number of rotatable bonds is 1. The molecule has 18 heavy (non-hydrogen) atoms. The van der Waals surface area contributed by atoms with E-state index in [1.165, 1.54) is 24.3 Å². The molecule has 1 aliphatic rings. The maximum atomic E-state index is 11.7. The minimum Gasteiger partial charge on any atom is -0.745 e. The van der Waals surface area contributed by atoms with Gasteiger partial charge >= 0.3 is 29.6 Å². The van der Waals surface area contributed by atoms with E-state index in [1.807, 2.05) is 0 Å². The molecule has 1 N–H and O–H groups in total. The largest absolute Gasteiger partial charge is 1.00 e. The van der Waals surface area contributed by atoms with Crippen LogP contribution in [0.4, 0.5) is 0 Å². The Morgan fingerprint density at radius 2 is 1.67 bits per heavy atom. The van der Waals surface area contributed by atoms with Crippen LogP contribution in [0.15, 0.2) is 24.3 Å². The average Bonchev–Trinajstić information content (AvgIpc) is 2.25. The van der Waals surface area contributed by atoms with Gasteiger partial charge in [0.1, 0.15) is 10.1 Å². The normalized spacial score (nSPS) is 23.2. The third-order valence-corrected chi connectivity index (χ3v) is 3.80. The van der Waals surface area contributed by atoms with Gasteiger partial charge in [0.2, 0.25) is 10.7 Å². The number of benzene rings is 1. The van der Waals surface area contributed by atoms with Crippen molar-refractivity contribution in [3.8, 4) is 0 Å². The van der Waals surface area contributed by atoms with Crippen LogP contribution < -0.4 is 29.6 Å². The maximum Gasteiger partial charge on any atom is 1.00 e. The fraction of sp³-hybridized carbons (Fsp3) is 0.200. The number of carbonyl (C=O) groups excluding carboxylic acids is 2. The van der Waals surface area contributed by atoms with Crippen LogP contribution in [0.5, 0.6) is 0 Å². The summed E-state index contributed by atoms with van der Waals surface area (Å²) in [4.78, 5) is 20.1. The predicted octanol–water partition coefficient (Wildman–Crippen LogP) is -3.31. The van der Waals surface area contributed by atoms with Crippen molar-refractivity contribution >= 4 is 21.7 Å². The number of aliphatic hydroxyl groups is 1. The number of fused-ring (bicyclic) bond motifs is 1. The Kier molecular flexibility index (Phi) is 4.16. The summed E-state index contributed by atoms with van der Waals surface area (Å²) >= 11 is 0. The van der Waals surface area contributed by atoms with E-state index in [1.54, 1.807) is 0 Å². The van der Waals surface area contributed by atoms with E-state index in [4.69, 9.17) is 0 Å². The van der Waals surface area contributed by atoms with Crippen LogP contribution in [0.3, 0.4) is 0 Å². The standard InChI is InChI=1S/C10H8O6S.Na/c11-8-5-10(13,17(14,15)16)9(12)7-4-2-1-3-6(7)8;/h1-4,13H,5H2,(H,14,15,16);/q;+1/p-1. The summed E-state index contributed by atoms with van der Waals surface area (Å²) in [5, 5.41) is 9.62. The first-order chi connectivity index (χ1) is 7.77. The molecule has 90 valence electrons. The third-order valence-electron chi connectivity index (χ3n) is 2.64. The molecule has 0 radical (unpaired) electrons. The number of Topliss-reactive ketones (excluding diaryl/α,β-unsaturated/α-hetero) is 2. The van der Waals surface area contributed by atoms with Crippen molar-refractivity contribution in [3.63, 3.8) is 0 Å². The second kappa shape index (κ2) is 4.84. The SMILES string of the molecule is O=C1CC(O)(S(=O)(=O)[O-])C(=O)c2ccccc21.[Na+]. The molecule has 0 spiro atoms. The summed E-state index contributed by atoms with van der Waals surface area (Å²) in [5.74, 6) is -2.00. The zero-order valence-corrected chi connectivity index (χ0v) is 12.2. The van der Waals surface area contributed by atoms with Gasteiger partial charge < -0.3 is 9.66 Å². The molecule has 0 bridgehead atoms. The van der Waals surface area contributed by atoms with Crippen molar-refractivity contribution in [1.29, 1.82) is 0 Å². The molecule has 1 aliphatic carbocycles. The number of ketones is 2. The zero-order chi connectivity index (χ0) is 12.8. The predicted molar refractivity (Wildman–Crippen MR) is 54.4 cm³/mol. The van der Waals surface area contributed by atoms with Crippen molar-refractivity contribution < 1.29 is 57.2 Å². The van der Waals surface area contributed by atoms with Crippen molar-refractivity contribution in [2.45, 2.75) is 11.4 Å². The summed E-state index contributed by atoms with van der Waals surface area (Å²) in [6, 6.07) is 5.45. The van der Waals surface area contributed by atoms with Crippen LogP contribution in [0.1, 0.15) is 27.1 Å². The van der Waals surface area contributed by atoms with Crippen molar-refractivity contribution in [2.75, 3.05) is 0 Å². The van der Waals surface area contributed by atoms with E-state index in [0.717, 1.165) is 0 Å². The minimum atomic E-state index is -5.32. The molecule has 0 aromatic heterocycles. The molecule has 1 unspecified atom stereocenters. The van der Waals surface area contributed by atoms with E-state index in [0.29, 0.717) is 0 Å². The van der Waals surface area contributed by atoms with Gasteiger partial charge in [-0.2, -0.15) is 0 Å². The van der Waals surface area contributed by atoms with Gasteiger partial charge in [0.25, 0.3) is 0 Å². The molecule has 1 aromatic carbocycles. The van der Waals surface area contributed by atoms with Gasteiger partial charge in [0.05, 0.1) is 6.42 Å². The van der Waals surface area contributed by atoms with Crippen molar-refractivity contribution in [1.82, 2.24) is 0 Å². The van der Waals surface area contributed by atoms with Crippen LogP contribution in [0.2, 0.25) is 0 Å². The Labute approximate surface area is 125 Å². The Bertz CT molecular complexity index is 623. The number of hydrogen-bond donors (Lipinski definition) is 1. The smallest absolute Gasteiger partial charge is 0.745 e. The van der Waals surface area contributed by atoms with Crippen molar-refractivity contribution in [2.24, 2.45) is 0 Å². The van der Waals surface area contributed by atoms with Gasteiger partial charge in [-0.05, 0) is 0 Å². The molecule has 6 nitrogen and oxygen atoms in total. The summed E-state index contributed by atoms with van der Waals surface area (Å²) in [6.45, 7) is 0. The van der Waals surface area contributed by atoms with Crippen LogP contribution in [0.25, 0.3) is 0 Å². The second-order valence-electron chi connectivity index (χ2n) is 3.71. The van der Waals surface area contributed by atoms with Gasteiger partial charge in [0.15, 0.2) is 5.78 Å². The van der Waals surface area contributed by atoms with Crippen molar-refractivity contribution in [3.05, 3.63) is 35.4 Å². The average molecular weight is 278 g/mol. The molecule has 0 fully saturated rings. The van der Waals surface area contributed by atoms with Gasteiger partial charge in [-0.3, -0.25) is 9.59 Å². The maximum absolute atomic E-state index is 11.7. The molecule has 0 saturated carbocycles. The first kappa shape index (κ1) is 15.5. The van der Waals surface area contributed by atoms with Gasteiger partial charge in [-0.1, -0.05) is 24.3 Å². The molecule has 8 heteroatoms. The Hall–Kier alpha value is -0.570. The van der Waals surface area contributed by atoms with Crippen LogP contribution in [0, 0.1) is 0 Å². The van der Waals surface area contributed by atoms with Crippen LogP contribution in [-0.2, 0) is 10.1 Å². The molecular weight excluding hydrogens is 271 g/mol. The fourth-order valence-electron chi connectivity index (χ4n) is 1.73. The number of carbonyl (C=O) groups is 2. The molecule has 0 amide bonds. The Morgan fingerprint density at radius 3 is 2.17 bits per heavy atom. The molecule has 2 rings (SSSR count). The zero-order valence-electron chi connectivity index (χ0n) is 9.41. The summed E-state index contributed by atoms with van der Waals surface area (Å²) < 4.78 is 32.7.